The van der Waals surface area contributed by atoms with Gasteiger partial charge in [-0.25, -0.2) is 0 Å². The Morgan fingerprint density at radius 3 is 2.69 bits per heavy atom. The molecule has 0 amide bonds. The zero-order chi connectivity index (χ0) is 11.4. The Kier molecular flexibility index (Phi) is 3.54. The first-order chi connectivity index (χ1) is 7.79. The molecule has 1 aliphatic rings. The van der Waals surface area contributed by atoms with Crippen LogP contribution in [0.2, 0.25) is 0 Å². The van der Waals surface area contributed by atoms with Gasteiger partial charge in [-0.2, -0.15) is 0 Å². The highest BCUT2D eigenvalue weighted by atomic mass is 16.5. The highest BCUT2D eigenvalue weighted by Crippen LogP contribution is 2.31. The zero-order valence-corrected chi connectivity index (χ0v) is 9.70. The minimum Gasteiger partial charge on any atom is -0.508 e. The smallest absolute Gasteiger partial charge is 0.143 e. The number of phenols is 1. The number of rotatable bonds is 3. The normalized spacial score (nSPS) is 17.1. The van der Waals surface area contributed by atoms with Gasteiger partial charge in [0.05, 0.1) is 11.8 Å². The van der Waals surface area contributed by atoms with Crippen molar-refractivity contribution in [1.82, 2.24) is 0 Å². The van der Waals surface area contributed by atoms with Crippen molar-refractivity contribution in [3.05, 3.63) is 18.2 Å². The number of ether oxygens (including phenoxy) is 1. The van der Waals surface area contributed by atoms with Crippen molar-refractivity contribution < 1.29 is 9.84 Å². The molecular formula is C13H19NO2. The van der Waals surface area contributed by atoms with E-state index in [0.717, 1.165) is 24.3 Å². The van der Waals surface area contributed by atoms with Crippen molar-refractivity contribution in [2.24, 2.45) is 0 Å². The van der Waals surface area contributed by atoms with E-state index < -0.39 is 0 Å². The monoisotopic (exact) mass is 221 g/mol. The third-order valence-electron chi connectivity index (χ3n) is 3.08. The molecule has 0 spiro atoms. The molecule has 16 heavy (non-hydrogen) atoms. The lowest BCUT2D eigenvalue weighted by Crippen LogP contribution is -2.20. The molecule has 1 aromatic rings. The van der Waals surface area contributed by atoms with Crippen LogP contribution >= 0.6 is 0 Å². The van der Waals surface area contributed by atoms with Crippen LogP contribution in [-0.2, 0) is 0 Å². The van der Waals surface area contributed by atoms with Crippen LogP contribution in [-0.4, -0.2) is 18.3 Å². The molecule has 0 unspecified atom stereocenters. The predicted molar refractivity (Wildman–Crippen MR) is 65.2 cm³/mol. The summed E-state index contributed by atoms with van der Waals surface area (Å²) in [5, 5.41) is 12.4. The quantitative estimate of drug-likeness (QED) is 0.823. The van der Waals surface area contributed by atoms with Gasteiger partial charge >= 0.3 is 0 Å². The molecule has 0 aliphatic heterocycles. The van der Waals surface area contributed by atoms with Crippen LogP contribution in [0.15, 0.2) is 18.2 Å². The molecule has 0 atom stereocenters. The molecule has 0 bridgehead atoms. The molecule has 88 valence electrons. The summed E-state index contributed by atoms with van der Waals surface area (Å²) in [5.41, 5.74) is 0.852. The first kappa shape index (κ1) is 11.1. The fourth-order valence-electron chi connectivity index (χ4n) is 2.18. The van der Waals surface area contributed by atoms with Gasteiger partial charge < -0.3 is 15.2 Å². The van der Waals surface area contributed by atoms with Crippen molar-refractivity contribution in [1.29, 1.82) is 0 Å². The Labute approximate surface area is 96.4 Å². The Morgan fingerprint density at radius 1 is 1.25 bits per heavy atom. The number of phenolic OH excluding ortho intramolecular Hbond substituents is 1. The van der Waals surface area contributed by atoms with Crippen molar-refractivity contribution >= 4 is 5.69 Å². The van der Waals surface area contributed by atoms with Crippen LogP contribution < -0.4 is 10.1 Å². The Bertz CT molecular complexity index is 346. The van der Waals surface area contributed by atoms with Gasteiger partial charge in [-0.1, -0.05) is 6.42 Å². The second-order valence-corrected chi connectivity index (χ2v) is 4.31. The summed E-state index contributed by atoms with van der Waals surface area (Å²) in [6.45, 7) is 0. The molecule has 2 N–H and O–H groups in total. The molecule has 2 rings (SSSR count). The number of hydrogen-bond donors (Lipinski definition) is 2. The van der Waals surface area contributed by atoms with Gasteiger partial charge in [-0.3, -0.25) is 0 Å². The van der Waals surface area contributed by atoms with Crippen LogP contribution in [0.5, 0.6) is 11.5 Å². The largest absolute Gasteiger partial charge is 0.508 e. The average molecular weight is 221 g/mol. The van der Waals surface area contributed by atoms with Crippen LogP contribution in [0, 0.1) is 0 Å². The topological polar surface area (TPSA) is 41.5 Å². The van der Waals surface area contributed by atoms with Gasteiger partial charge in [-0.05, 0) is 37.8 Å². The van der Waals surface area contributed by atoms with Gasteiger partial charge in [0.2, 0.25) is 0 Å². The lowest BCUT2D eigenvalue weighted by molar-refractivity contribution is 0.156. The molecule has 0 heterocycles. The Hall–Kier alpha value is -1.38. The predicted octanol–water partition coefficient (Wildman–Crippen LogP) is 3.15. The van der Waals surface area contributed by atoms with E-state index in [1.165, 1.54) is 19.3 Å². The molecule has 0 saturated heterocycles. The van der Waals surface area contributed by atoms with Crippen LogP contribution in [0.25, 0.3) is 0 Å². The second-order valence-electron chi connectivity index (χ2n) is 4.31. The molecule has 1 saturated carbocycles. The number of nitrogens with one attached hydrogen (secondary N) is 1. The fraction of sp³-hybridized carbons (Fsp3) is 0.538. The standard InChI is InChI=1S/C13H19NO2/c1-14-12-9-10(15)7-8-13(12)16-11-5-3-2-4-6-11/h7-9,11,14-15H,2-6H2,1H3. The van der Waals surface area contributed by atoms with E-state index in [9.17, 15) is 5.11 Å². The highest BCUT2D eigenvalue weighted by Gasteiger charge is 2.16. The summed E-state index contributed by atoms with van der Waals surface area (Å²) >= 11 is 0. The van der Waals surface area contributed by atoms with E-state index in [0.29, 0.717) is 6.10 Å². The minimum atomic E-state index is 0.264. The number of anilines is 1. The van der Waals surface area contributed by atoms with Crippen molar-refractivity contribution in [3.63, 3.8) is 0 Å². The molecule has 3 heteroatoms. The summed E-state index contributed by atoms with van der Waals surface area (Å²) in [4.78, 5) is 0. The summed E-state index contributed by atoms with van der Waals surface area (Å²) in [6.07, 6.45) is 6.47. The number of benzene rings is 1. The van der Waals surface area contributed by atoms with Gasteiger partial charge in [0, 0.05) is 13.1 Å². The molecule has 1 aromatic carbocycles. The lowest BCUT2D eigenvalue weighted by Gasteiger charge is -2.24. The Morgan fingerprint density at radius 2 is 2.00 bits per heavy atom. The van der Waals surface area contributed by atoms with Crippen molar-refractivity contribution in [3.8, 4) is 11.5 Å². The van der Waals surface area contributed by atoms with Crippen LogP contribution in [0.3, 0.4) is 0 Å². The SMILES string of the molecule is CNc1cc(O)ccc1OC1CCCCC1. The summed E-state index contributed by atoms with van der Waals surface area (Å²) in [7, 11) is 1.84. The minimum absolute atomic E-state index is 0.264. The average Bonchev–Trinajstić information content (AvgIpc) is 2.33. The van der Waals surface area contributed by atoms with E-state index in [4.69, 9.17) is 4.74 Å². The molecular weight excluding hydrogens is 202 g/mol. The first-order valence-corrected chi connectivity index (χ1v) is 5.97. The van der Waals surface area contributed by atoms with Crippen LogP contribution in [0.4, 0.5) is 5.69 Å². The fourth-order valence-corrected chi connectivity index (χ4v) is 2.18. The molecule has 1 fully saturated rings. The maximum absolute atomic E-state index is 9.38. The maximum Gasteiger partial charge on any atom is 0.143 e. The van der Waals surface area contributed by atoms with Gasteiger partial charge in [0.25, 0.3) is 0 Å². The van der Waals surface area contributed by atoms with Crippen LogP contribution in [0.1, 0.15) is 32.1 Å². The van der Waals surface area contributed by atoms with E-state index in [1.807, 2.05) is 13.1 Å². The lowest BCUT2D eigenvalue weighted by atomic mass is 9.98. The number of aromatic hydroxyl groups is 1. The molecule has 3 nitrogen and oxygen atoms in total. The third kappa shape index (κ3) is 2.60. The van der Waals surface area contributed by atoms with E-state index in [2.05, 4.69) is 5.32 Å². The van der Waals surface area contributed by atoms with Crippen molar-refractivity contribution in [2.45, 2.75) is 38.2 Å². The molecule has 0 aromatic heterocycles. The Balaban J connectivity index is 2.07. The molecule has 1 aliphatic carbocycles. The first-order valence-electron chi connectivity index (χ1n) is 5.97. The van der Waals surface area contributed by atoms with Gasteiger partial charge in [-0.15, -0.1) is 0 Å². The highest BCUT2D eigenvalue weighted by molar-refractivity contribution is 5.59. The van der Waals surface area contributed by atoms with E-state index in [1.54, 1.807) is 12.1 Å². The summed E-state index contributed by atoms with van der Waals surface area (Å²) < 4.78 is 5.96. The zero-order valence-electron chi connectivity index (χ0n) is 9.70. The second kappa shape index (κ2) is 5.10. The van der Waals surface area contributed by atoms with Gasteiger partial charge in [0.1, 0.15) is 11.5 Å². The maximum atomic E-state index is 9.38. The van der Waals surface area contributed by atoms with E-state index >= 15 is 0 Å². The number of hydrogen-bond acceptors (Lipinski definition) is 3. The van der Waals surface area contributed by atoms with Crippen molar-refractivity contribution in [2.75, 3.05) is 12.4 Å². The third-order valence-corrected chi connectivity index (χ3v) is 3.08. The summed E-state index contributed by atoms with van der Waals surface area (Å²) in [6, 6.07) is 5.19. The van der Waals surface area contributed by atoms with Gasteiger partial charge in [0.15, 0.2) is 0 Å². The molecule has 0 radical (unpaired) electrons. The van der Waals surface area contributed by atoms with E-state index in [-0.39, 0.29) is 5.75 Å². The summed E-state index contributed by atoms with van der Waals surface area (Å²) in [5.74, 6) is 1.10.